The minimum atomic E-state index is -0.425. The maximum atomic E-state index is 14.1. The van der Waals surface area contributed by atoms with Crippen molar-refractivity contribution >= 4 is 11.8 Å². The lowest BCUT2D eigenvalue weighted by Gasteiger charge is -2.47. The predicted molar refractivity (Wildman–Crippen MR) is 130 cm³/mol. The van der Waals surface area contributed by atoms with Crippen LogP contribution in [0.1, 0.15) is 72.6 Å². The third-order valence-electron chi connectivity index (χ3n) is 7.42. The summed E-state index contributed by atoms with van der Waals surface area (Å²) in [4.78, 5) is 31.7. The maximum absolute atomic E-state index is 14.1. The summed E-state index contributed by atoms with van der Waals surface area (Å²) in [6.45, 7) is 9.33. The lowest BCUT2D eigenvalue weighted by atomic mass is 9.75. The van der Waals surface area contributed by atoms with Crippen molar-refractivity contribution in [1.29, 1.82) is 0 Å². The molecular formula is C28H34N2O4. The van der Waals surface area contributed by atoms with E-state index in [1.807, 2.05) is 54.0 Å². The van der Waals surface area contributed by atoms with E-state index < -0.39 is 5.92 Å². The van der Waals surface area contributed by atoms with Crippen LogP contribution in [0.5, 0.6) is 11.5 Å². The number of hydrogen-bond donors (Lipinski definition) is 0. The van der Waals surface area contributed by atoms with Crippen molar-refractivity contribution in [3.05, 3.63) is 58.7 Å². The Morgan fingerprint density at radius 3 is 2.50 bits per heavy atom. The topological polar surface area (TPSA) is 59.1 Å². The molecule has 3 aliphatic heterocycles. The largest absolute Gasteiger partial charge is 0.490 e. The molecule has 1 fully saturated rings. The minimum Gasteiger partial charge on any atom is -0.490 e. The van der Waals surface area contributed by atoms with E-state index in [1.165, 1.54) is 0 Å². The molecule has 2 aromatic rings. The molecule has 180 valence electrons. The number of likely N-dealkylation sites (tertiary alicyclic amines) is 1. The zero-order valence-corrected chi connectivity index (χ0v) is 20.4. The maximum Gasteiger partial charge on any atom is 0.254 e. The van der Waals surface area contributed by atoms with Crippen molar-refractivity contribution in [3.8, 4) is 11.5 Å². The molecule has 2 amide bonds. The van der Waals surface area contributed by atoms with E-state index in [0.717, 1.165) is 54.8 Å². The highest BCUT2D eigenvalue weighted by Gasteiger charge is 2.48. The summed E-state index contributed by atoms with van der Waals surface area (Å²) in [5, 5.41) is 0. The highest BCUT2D eigenvalue weighted by Crippen LogP contribution is 2.49. The lowest BCUT2D eigenvalue weighted by Crippen LogP contribution is -2.52. The zero-order chi connectivity index (χ0) is 23.8. The SMILES string of the molecule is CCOc1cc2c(cc1OCC)[C@@H]1[C@H](C(=O)N3CCC[C@@H](C)C3)c3ccccc3C(=O)N1CC2. The van der Waals surface area contributed by atoms with E-state index in [-0.39, 0.29) is 17.9 Å². The fraction of sp³-hybridized carbons (Fsp3) is 0.500. The van der Waals surface area contributed by atoms with Gasteiger partial charge < -0.3 is 19.3 Å². The normalized spacial score (nSPS) is 23.6. The minimum absolute atomic E-state index is 0.00848. The molecule has 0 aliphatic carbocycles. The summed E-state index contributed by atoms with van der Waals surface area (Å²) in [5.74, 6) is 1.60. The van der Waals surface area contributed by atoms with Crippen LogP contribution in [-0.2, 0) is 11.2 Å². The molecule has 5 rings (SSSR count). The monoisotopic (exact) mass is 462 g/mol. The second-order valence-electron chi connectivity index (χ2n) is 9.65. The number of nitrogens with zero attached hydrogens (tertiary/aromatic N) is 2. The van der Waals surface area contributed by atoms with Crippen molar-refractivity contribution in [3.63, 3.8) is 0 Å². The molecule has 3 heterocycles. The van der Waals surface area contributed by atoms with E-state index >= 15 is 0 Å². The highest BCUT2D eigenvalue weighted by molar-refractivity contribution is 6.01. The van der Waals surface area contributed by atoms with Crippen molar-refractivity contribution in [2.75, 3.05) is 32.8 Å². The van der Waals surface area contributed by atoms with E-state index in [4.69, 9.17) is 9.47 Å². The van der Waals surface area contributed by atoms with Gasteiger partial charge in [0.2, 0.25) is 5.91 Å². The van der Waals surface area contributed by atoms with Gasteiger partial charge in [0.1, 0.15) is 0 Å². The Morgan fingerprint density at radius 1 is 1.03 bits per heavy atom. The Labute approximate surface area is 201 Å². The van der Waals surface area contributed by atoms with Gasteiger partial charge in [-0.2, -0.15) is 0 Å². The van der Waals surface area contributed by atoms with Gasteiger partial charge in [-0.05, 0) is 73.9 Å². The molecule has 0 N–H and O–H groups in total. The molecule has 3 aliphatic rings. The van der Waals surface area contributed by atoms with Gasteiger partial charge in [-0.15, -0.1) is 0 Å². The molecule has 6 heteroatoms. The molecule has 3 atom stereocenters. The van der Waals surface area contributed by atoms with Crippen LogP contribution >= 0.6 is 0 Å². The van der Waals surface area contributed by atoms with Gasteiger partial charge in [0.25, 0.3) is 5.91 Å². The van der Waals surface area contributed by atoms with Gasteiger partial charge in [0.05, 0.1) is 25.2 Å². The third-order valence-corrected chi connectivity index (χ3v) is 7.42. The van der Waals surface area contributed by atoms with Crippen molar-refractivity contribution in [2.45, 2.75) is 52.0 Å². The molecule has 34 heavy (non-hydrogen) atoms. The Morgan fingerprint density at radius 2 is 1.76 bits per heavy atom. The third kappa shape index (κ3) is 3.83. The Kier molecular flexibility index (Phi) is 6.24. The number of ether oxygens (including phenoxy) is 2. The van der Waals surface area contributed by atoms with Gasteiger partial charge >= 0.3 is 0 Å². The van der Waals surface area contributed by atoms with E-state index in [9.17, 15) is 9.59 Å². The second kappa shape index (κ2) is 9.32. The summed E-state index contributed by atoms with van der Waals surface area (Å²) in [6, 6.07) is 11.4. The summed E-state index contributed by atoms with van der Waals surface area (Å²) < 4.78 is 11.8. The van der Waals surface area contributed by atoms with Crippen molar-refractivity contribution in [1.82, 2.24) is 9.80 Å². The van der Waals surface area contributed by atoms with E-state index in [1.54, 1.807) is 0 Å². The van der Waals surface area contributed by atoms with Crippen LogP contribution < -0.4 is 9.47 Å². The van der Waals surface area contributed by atoms with Crippen molar-refractivity contribution in [2.24, 2.45) is 5.92 Å². The first kappa shape index (κ1) is 22.8. The van der Waals surface area contributed by atoms with Crippen LogP contribution in [0.25, 0.3) is 0 Å². The first-order chi connectivity index (χ1) is 16.5. The number of hydrogen-bond acceptors (Lipinski definition) is 4. The molecule has 0 saturated carbocycles. The summed E-state index contributed by atoms with van der Waals surface area (Å²) >= 11 is 0. The fourth-order valence-electron chi connectivity index (χ4n) is 5.92. The van der Waals surface area contributed by atoms with Gasteiger partial charge in [-0.1, -0.05) is 25.1 Å². The van der Waals surface area contributed by atoms with Crippen LogP contribution in [0, 0.1) is 5.92 Å². The summed E-state index contributed by atoms with van der Waals surface area (Å²) in [5.41, 5.74) is 3.63. The van der Waals surface area contributed by atoms with E-state index in [0.29, 0.717) is 37.0 Å². The average Bonchev–Trinajstić information content (AvgIpc) is 2.84. The van der Waals surface area contributed by atoms with Gasteiger partial charge in [-0.25, -0.2) is 0 Å². The Bertz CT molecular complexity index is 1100. The molecule has 0 bridgehead atoms. The Balaban J connectivity index is 1.65. The van der Waals surface area contributed by atoms with E-state index in [2.05, 4.69) is 13.0 Å². The van der Waals surface area contributed by atoms with Crippen molar-refractivity contribution < 1.29 is 19.1 Å². The lowest BCUT2D eigenvalue weighted by molar-refractivity contribution is -0.136. The molecule has 2 aromatic carbocycles. The first-order valence-electron chi connectivity index (χ1n) is 12.6. The zero-order valence-electron chi connectivity index (χ0n) is 20.4. The number of carbonyl (C=O) groups excluding carboxylic acids is 2. The number of piperidine rings is 1. The smallest absolute Gasteiger partial charge is 0.254 e. The molecule has 0 spiro atoms. The van der Waals surface area contributed by atoms with Crippen LogP contribution in [0.2, 0.25) is 0 Å². The number of fused-ring (bicyclic) bond motifs is 4. The van der Waals surface area contributed by atoms with Crippen LogP contribution in [0.15, 0.2) is 36.4 Å². The standard InChI is InChI=1S/C28H34N2O4/c1-4-33-23-15-19-12-14-30-26(22(19)16-24(23)34-5-2)25(20-10-6-7-11-21(20)27(30)31)28(32)29-13-8-9-18(3)17-29/h6-7,10-11,15-16,18,25-26H,4-5,8-9,12-14,17H2,1-3H3/t18-,25-,26-/m1/s1. The molecule has 6 nitrogen and oxygen atoms in total. The second-order valence-corrected chi connectivity index (χ2v) is 9.65. The first-order valence-corrected chi connectivity index (χ1v) is 12.6. The fourth-order valence-corrected chi connectivity index (χ4v) is 5.92. The highest BCUT2D eigenvalue weighted by atomic mass is 16.5. The van der Waals surface area contributed by atoms with Crippen LogP contribution in [-0.4, -0.2) is 54.5 Å². The molecular weight excluding hydrogens is 428 g/mol. The summed E-state index contributed by atoms with van der Waals surface area (Å²) in [7, 11) is 0. The Hall–Kier alpha value is -3.02. The number of amides is 2. The van der Waals surface area contributed by atoms with Crippen LogP contribution in [0.3, 0.4) is 0 Å². The number of benzene rings is 2. The average molecular weight is 463 g/mol. The molecule has 1 saturated heterocycles. The van der Waals surface area contributed by atoms with Gasteiger partial charge in [0.15, 0.2) is 11.5 Å². The van der Waals surface area contributed by atoms with Gasteiger partial charge in [-0.3, -0.25) is 9.59 Å². The molecule has 0 radical (unpaired) electrons. The quantitative estimate of drug-likeness (QED) is 0.653. The molecule has 0 aromatic heterocycles. The number of rotatable bonds is 5. The summed E-state index contributed by atoms with van der Waals surface area (Å²) in [6.07, 6.45) is 2.91. The molecule has 0 unspecified atom stereocenters. The van der Waals surface area contributed by atoms with Gasteiger partial charge in [0, 0.05) is 25.2 Å². The predicted octanol–water partition coefficient (Wildman–Crippen LogP) is 4.58. The van der Waals surface area contributed by atoms with Crippen LogP contribution in [0.4, 0.5) is 0 Å². The number of carbonyl (C=O) groups is 2.